The lowest BCUT2D eigenvalue weighted by Gasteiger charge is -2.17. The van der Waals surface area contributed by atoms with Crippen molar-refractivity contribution in [2.24, 2.45) is 0 Å². The first-order valence-corrected chi connectivity index (χ1v) is 6.40. The molecule has 3 rings (SSSR count). The van der Waals surface area contributed by atoms with Crippen LogP contribution in [0.15, 0.2) is 0 Å². The molecule has 0 fully saturated rings. The predicted molar refractivity (Wildman–Crippen MR) is 71.5 cm³/mol. The number of rotatable bonds is 0. The number of fused-ring (bicyclic) bond motifs is 3. The van der Waals surface area contributed by atoms with E-state index in [2.05, 4.69) is 19.9 Å². The molecular weight excluding hydrogens is 327 g/mol. The zero-order valence-corrected chi connectivity index (χ0v) is 12.0. The molecule has 20 heavy (non-hydrogen) atoms. The van der Waals surface area contributed by atoms with Crippen molar-refractivity contribution in [3.63, 3.8) is 0 Å². The van der Waals surface area contributed by atoms with Gasteiger partial charge in [0.1, 0.15) is 27.5 Å². The van der Waals surface area contributed by atoms with Crippen LogP contribution in [0.2, 0.25) is 15.6 Å². The molecule has 0 N–H and O–H groups in total. The predicted octanol–water partition coefficient (Wildman–Crippen LogP) is 2.58. The van der Waals surface area contributed by atoms with E-state index in [1.54, 1.807) is 6.92 Å². The van der Waals surface area contributed by atoms with Gasteiger partial charge in [-0.3, -0.25) is 9.59 Å². The van der Waals surface area contributed by atoms with Crippen LogP contribution >= 0.6 is 34.8 Å². The molecule has 0 aliphatic heterocycles. The van der Waals surface area contributed by atoms with Crippen molar-refractivity contribution in [3.8, 4) is 11.4 Å². The number of Topliss-reactive ketones (excluding diaryl/α,β-unsaturated/α-hetero) is 2. The molecular formula is C11H3Cl3N4O2. The quantitative estimate of drug-likeness (QED) is 0.419. The van der Waals surface area contributed by atoms with Crippen molar-refractivity contribution < 1.29 is 9.59 Å². The molecule has 2 aromatic heterocycles. The van der Waals surface area contributed by atoms with Gasteiger partial charge >= 0.3 is 0 Å². The van der Waals surface area contributed by atoms with Crippen molar-refractivity contribution >= 4 is 46.4 Å². The third-order valence-electron chi connectivity index (χ3n) is 2.70. The lowest BCUT2D eigenvalue weighted by Crippen LogP contribution is -2.25. The first kappa shape index (κ1) is 13.4. The van der Waals surface area contributed by atoms with Crippen LogP contribution in [0.4, 0.5) is 0 Å². The zero-order chi connectivity index (χ0) is 14.6. The molecule has 2 heterocycles. The normalized spacial score (nSPS) is 13.2. The van der Waals surface area contributed by atoms with E-state index in [4.69, 9.17) is 34.8 Å². The van der Waals surface area contributed by atoms with Crippen LogP contribution in [0.1, 0.15) is 26.5 Å². The standard InChI is InChI=1S/C11H3Cl3N4O2/c1-2-15-5-3(9(12)16-2)7(19)8(20)4-6(5)17-11(14)18-10(4)13/h1H3. The van der Waals surface area contributed by atoms with Crippen LogP contribution in [0.3, 0.4) is 0 Å². The molecule has 0 amide bonds. The van der Waals surface area contributed by atoms with E-state index in [1.807, 2.05) is 0 Å². The number of aryl methyl sites for hydroxylation is 1. The highest BCUT2D eigenvalue weighted by atomic mass is 35.5. The Morgan fingerprint density at radius 2 is 1.25 bits per heavy atom. The topological polar surface area (TPSA) is 85.7 Å². The van der Waals surface area contributed by atoms with E-state index in [9.17, 15) is 9.59 Å². The second-order valence-corrected chi connectivity index (χ2v) is 5.00. The van der Waals surface area contributed by atoms with Crippen LogP contribution in [0.25, 0.3) is 11.4 Å². The van der Waals surface area contributed by atoms with Crippen LogP contribution in [0.5, 0.6) is 0 Å². The van der Waals surface area contributed by atoms with Crippen molar-refractivity contribution in [1.82, 2.24) is 19.9 Å². The van der Waals surface area contributed by atoms with Crippen molar-refractivity contribution in [1.29, 1.82) is 0 Å². The highest BCUT2D eigenvalue weighted by molar-refractivity contribution is 6.56. The number of nitrogens with zero attached hydrogens (tertiary/aromatic N) is 4. The van der Waals surface area contributed by atoms with E-state index < -0.39 is 11.6 Å². The van der Waals surface area contributed by atoms with Gasteiger partial charge < -0.3 is 0 Å². The SMILES string of the molecule is Cc1nc(Cl)c2c(n1)-c1nc(Cl)nc(Cl)c1C(=O)C2=O. The van der Waals surface area contributed by atoms with E-state index in [-0.39, 0.29) is 38.1 Å². The number of hydrogen-bond acceptors (Lipinski definition) is 6. The molecule has 1 aliphatic carbocycles. The number of hydrogen-bond donors (Lipinski definition) is 0. The Hall–Kier alpha value is -1.63. The molecule has 0 aromatic carbocycles. The summed E-state index contributed by atoms with van der Waals surface area (Å²) in [5.41, 5.74) is -0.00127. The summed E-state index contributed by atoms with van der Waals surface area (Å²) in [5.74, 6) is -1.37. The number of ketones is 2. The number of halogens is 3. The number of carbonyl (C=O) groups excluding carboxylic acids is 2. The Morgan fingerprint density at radius 3 is 1.85 bits per heavy atom. The fraction of sp³-hybridized carbons (Fsp3) is 0.0909. The minimum atomic E-state index is -0.858. The molecule has 0 bridgehead atoms. The van der Waals surface area contributed by atoms with Crippen LogP contribution < -0.4 is 0 Å². The Bertz CT molecular complexity index is 739. The maximum absolute atomic E-state index is 12.1. The Morgan fingerprint density at radius 1 is 0.750 bits per heavy atom. The summed E-state index contributed by atoms with van der Waals surface area (Å²) in [6.07, 6.45) is 0. The highest BCUT2D eigenvalue weighted by Crippen LogP contribution is 2.36. The molecule has 0 atom stereocenters. The fourth-order valence-electron chi connectivity index (χ4n) is 1.92. The molecule has 6 nitrogen and oxygen atoms in total. The minimum Gasteiger partial charge on any atom is -0.285 e. The summed E-state index contributed by atoms with van der Waals surface area (Å²) in [6, 6.07) is 0. The largest absolute Gasteiger partial charge is 0.285 e. The summed E-state index contributed by atoms with van der Waals surface area (Å²) in [6.45, 7) is 1.59. The van der Waals surface area contributed by atoms with Crippen LogP contribution in [-0.4, -0.2) is 31.5 Å². The Labute approximate surface area is 127 Å². The van der Waals surface area contributed by atoms with Gasteiger partial charge in [0.25, 0.3) is 0 Å². The summed E-state index contributed by atoms with van der Waals surface area (Å²) < 4.78 is 0. The molecule has 0 saturated carbocycles. The van der Waals surface area contributed by atoms with Crippen molar-refractivity contribution in [2.45, 2.75) is 6.92 Å². The van der Waals surface area contributed by atoms with E-state index in [0.717, 1.165) is 0 Å². The average molecular weight is 330 g/mol. The van der Waals surface area contributed by atoms with Crippen LogP contribution in [0, 0.1) is 6.92 Å². The van der Waals surface area contributed by atoms with Gasteiger partial charge in [-0.15, -0.1) is 0 Å². The van der Waals surface area contributed by atoms with Gasteiger partial charge in [0, 0.05) is 0 Å². The van der Waals surface area contributed by atoms with E-state index in [0.29, 0.717) is 5.82 Å². The van der Waals surface area contributed by atoms with Gasteiger partial charge in [-0.1, -0.05) is 23.2 Å². The van der Waals surface area contributed by atoms with Crippen molar-refractivity contribution in [3.05, 3.63) is 32.5 Å². The molecule has 2 aromatic rings. The summed E-state index contributed by atoms with van der Waals surface area (Å²) in [7, 11) is 0. The maximum Gasteiger partial charge on any atom is 0.239 e. The number of carbonyl (C=O) groups is 2. The lowest BCUT2D eigenvalue weighted by atomic mass is 9.92. The molecule has 0 saturated heterocycles. The molecule has 0 radical (unpaired) electrons. The lowest BCUT2D eigenvalue weighted by molar-refractivity contribution is 0.0814. The molecule has 100 valence electrons. The summed E-state index contributed by atoms with van der Waals surface area (Å²) in [5, 5.41) is -0.465. The molecule has 9 heteroatoms. The fourth-order valence-corrected chi connectivity index (χ4v) is 2.68. The monoisotopic (exact) mass is 328 g/mol. The second kappa shape index (κ2) is 4.44. The van der Waals surface area contributed by atoms with Gasteiger partial charge in [0.15, 0.2) is 0 Å². The molecule has 0 spiro atoms. The van der Waals surface area contributed by atoms with E-state index >= 15 is 0 Å². The van der Waals surface area contributed by atoms with E-state index in [1.165, 1.54) is 0 Å². The first-order chi connectivity index (χ1) is 9.40. The van der Waals surface area contributed by atoms with Gasteiger partial charge in [0.05, 0.1) is 11.1 Å². The summed E-state index contributed by atoms with van der Waals surface area (Å²) >= 11 is 17.5. The third kappa shape index (κ3) is 1.80. The van der Waals surface area contributed by atoms with Gasteiger partial charge in [0.2, 0.25) is 16.9 Å². The Kier molecular flexibility index (Phi) is 2.97. The number of aromatic nitrogens is 4. The minimum absolute atomic E-state index is 0.0852. The second-order valence-electron chi connectivity index (χ2n) is 3.95. The molecule has 0 unspecified atom stereocenters. The van der Waals surface area contributed by atoms with Gasteiger partial charge in [-0.2, -0.15) is 0 Å². The molecule has 1 aliphatic rings. The van der Waals surface area contributed by atoms with Gasteiger partial charge in [-0.05, 0) is 18.5 Å². The highest BCUT2D eigenvalue weighted by Gasteiger charge is 2.37. The maximum atomic E-state index is 12.1. The zero-order valence-electron chi connectivity index (χ0n) is 9.74. The first-order valence-electron chi connectivity index (χ1n) is 5.26. The Balaban J connectivity index is 2.49. The van der Waals surface area contributed by atoms with Crippen LogP contribution in [-0.2, 0) is 0 Å². The van der Waals surface area contributed by atoms with Crippen molar-refractivity contribution in [2.75, 3.05) is 0 Å². The average Bonchev–Trinajstić information content (AvgIpc) is 2.34. The van der Waals surface area contributed by atoms with Gasteiger partial charge in [-0.25, -0.2) is 19.9 Å². The smallest absolute Gasteiger partial charge is 0.239 e. The summed E-state index contributed by atoms with van der Waals surface area (Å²) in [4.78, 5) is 39.7. The third-order valence-corrected chi connectivity index (χ3v) is 3.41.